The van der Waals surface area contributed by atoms with Gasteiger partial charge in [0.2, 0.25) is 5.89 Å². The van der Waals surface area contributed by atoms with Gasteiger partial charge in [-0.15, -0.1) is 0 Å². The number of aryl methyl sites for hydroxylation is 1. The van der Waals surface area contributed by atoms with E-state index >= 15 is 0 Å². The maximum absolute atomic E-state index is 6.06. The minimum Gasteiger partial charge on any atom is -0.493 e. The Labute approximate surface area is 172 Å². The second-order valence-electron chi connectivity index (χ2n) is 7.38. The highest BCUT2D eigenvalue weighted by molar-refractivity contribution is 5.71. The molecular weight excluding hydrogens is 360 g/mol. The molecule has 0 aliphatic carbocycles. The standard InChI is InChI=1S/C25H28N2O2/c1-3-19-12-14-26-17-23(19)21-10-7-11-22(16-21)28-15-13-24-18(2)29-25(27-24)20-8-5-4-6-9-20/h4-11,16,26H,3,12-15,17H2,1-2H3. The molecule has 0 unspecified atom stereocenters. The first-order valence-electron chi connectivity index (χ1n) is 10.4. The quantitative estimate of drug-likeness (QED) is 0.586. The summed E-state index contributed by atoms with van der Waals surface area (Å²) in [6, 6.07) is 18.4. The van der Waals surface area contributed by atoms with Crippen molar-refractivity contribution in [2.24, 2.45) is 0 Å². The Morgan fingerprint density at radius 2 is 1.90 bits per heavy atom. The molecule has 0 saturated carbocycles. The second kappa shape index (κ2) is 9.10. The highest BCUT2D eigenvalue weighted by atomic mass is 16.5. The van der Waals surface area contributed by atoms with Crippen molar-refractivity contribution in [1.82, 2.24) is 10.3 Å². The molecule has 1 aliphatic rings. The van der Waals surface area contributed by atoms with Crippen LogP contribution >= 0.6 is 0 Å². The van der Waals surface area contributed by atoms with Crippen LogP contribution in [0.4, 0.5) is 0 Å². The summed E-state index contributed by atoms with van der Waals surface area (Å²) in [5, 5.41) is 3.49. The highest BCUT2D eigenvalue weighted by Gasteiger charge is 2.14. The SMILES string of the molecule is CCC1=C(c2cccc(OCCc3nc(-c4ccccc4)oc3C)c2)CNCC1. The van der Waals surface area contributed by atoms with Crippen LogP contribution in [0.5, 0.6) is 5.75 Å². The first-order valence-corrected chi connectivity index (χ1v) is 10.4. The third-order valence-corrected chi connectivity index (χ3v) is 5.46. The molecule has 0 radical (unpaired) electrons. The van der Waals surface area contributed by atoms with E-state index in [-0.39, 0.29) is 0 Å². The third-order valence-electron chi connectivity index (χ3n) is 5.46. The molecule has 0 amide bonds. The molecule has 0 bridgehead atoms. The molecule has 3 aromatic rings. The molecule has 1 aromatic heterocycles. The predicted molar refractivity (Wildman–Crippen MR) is 117 cm³/mol. The van der Waals surface area contributed by atoms with Crippen LogP contribution in [0, 0.1) is 6.92 Å². The van der Waals surface area contributed by atoms with E-state index in [1.807, 2.05) is 43.3 Å². The van der Waals surface area contributed by atoms with Crippen LogP contribution in [-0.4, -0.2) is 24.7 Å². The monoisotopic (exact) mass is 388 g/mol. The summed E-state index contributed by atoms with van der Waals surface area (Å²) in [5.74, 6) is 2.43. The first-order chi connectivity index (χ1) is 14.2. The number of aromatic nitrogens is 1. The van der Waals surface area contributed by atoms with Crippen molar-refractivity contribution >= 4 is 5.57 Å². The Kier molecular flexibility index (Phi) is 6.11. The van der Waals surface area contributed by atoms with Gasteiger partial charge in [0.25, 0.3) is 0 Å². The minimum absolute atomic E-state index is 0.572. The molecule has 150 valence electrons. The Bertz CT molecular complexity index is 989. The van der Waals surface area contributed by atoms with Crippen molar-refractivity contribution in [2.45, 2.75) is 33.1 Å². The van der Waals surface area contributed by atoms with Crippen molar-refractivity contribution < 1.29 is 9.15 Å². The van der Waals surface area contributed by atoms with Crippen LogP contribution in [0.25, 0.3) is 17.0 Å². The zero-order valence-electron chi connectivity index (χ0n) is 17.2. The summed E-state index contributed by atoms with van der Waals surface area (Å²) >= 11 is 0. The molecular formula is C25H28N2O2. The van der Waals surface area contributed by atoms with Crippen molar-refractivity contribution in [3.63, 3.8) is 0 Å². The van der Waals surface area contributed by atoms with Gasteiger partial charge >= 0.3 is 0 Å². The van der Waals surface area contributed by atoms with Crippen LogP contribution in [-0.2, 0) is 6.42 Å². The lowest BCUT2D eigenvalue weighted by Crippen LogP contribution is -2.24. The number of hydrogen-bond acceptors (Lipinski definition) is 4. The van der Waals surface area contributed by atoms with Gasteiger partial charge in [-0.05, 0) is 61.7 Å². The molecule has 1 N–H and O–H groups in total. The first kappa shape index (κ1) is 19.5. The largest absolute Gasteiger partial charge is 0.493 e. The van der Waals surface area contributed by atoms with E-state index in [4.69, 9.17) is 9.15 Å². The van der Waals surface area contributed by atoms with E-state index in [2.05, 4.69) is 35.4 Å². The molecule has 0 spiro atoms. The number of rotatable bonds is 7. The van der Waals surface area contributed by atoms with Crippen molar-refractivity contribution in [3.8, 4) is 17.2 Å². The summed E-state index contributed by atoms with van der Waals surface area (Å²) in [5.41, 5.74) is 6.18. The minimum atomic E-state index is 0.572. The maximum Gasteiger partial charge on any atom is 0.226 e. The predicted octanol–water partition coefficient (Wildman–Crippen LogP) is 5.43. The second-order valence-corrected chi connectivity index (χ2v) is 7.38. The lowest BCUT2D eigenvalue weighted by molar-refractivity contribution is 0.320. The Morgan fingerprint density at radius 3 is 2.72 bits per heavy atom. The molecule has 0 atom stereocenters. The van der Waals surface area contributed by atoms with Crippen LogP contribution in [0.1, 0.15) is 36.8 Å². The zero-order valence-corrected chi connectivity index (χ0v) is 17.2. The van der Waals surface area contributed by atoms with Gasteiger partial charge in [-0.3, -0.25) is 0 Å². The zero-order chi connectivity index (χ0) is 20.1. The van der Waals surface area contributed by atoms with Crippen LogP contribution in [0.15, 0.2) is 64.6 Å². The summed E-state index contributed by atoms with van der Waals surface area (Å²) in [6.07, 6.45) is 2.96. The molecule has 4 nitrogen and oxygen atoms in total. The molecule has 2 aromatic carbocycles. The average Bonchev–Trinajstić information content (AvgIpc) is 3.15. The number of nitrogens with one attached hydrogen (secondary N) is 1. The Balaban J connectivity index is 1.42. The lowest BCUT2D eigenvalue weighted by Gasteiger charge is -2.21. The molecule has 1 aliphatic heterocycles. The van der Waals surface area contributed by atoms with Crippen LogP contribution in [0.2, 0.25) is 0 Å². The fourth-order valence-corrected chi connectivity index (χ4v) is 3.83. The van der Waals surface area contributed by atoms with E-state index in [0.717, 1.165) is 55.1 Å². The molecule has 2 heterocycles. The molecule has 4 heteroatoms. The summed E-state index contributed by atoms with van der Waals surface area (Å²) < 4.78 is 11.9. The Hall–Kier alpha value is -2.85. The van der Waals surface area contributed by atoms with Gasteiger partial charge in [0.05, 0.1) is 12.3 Å². The number of nitrogens with zero attached hydrogens (tertiary/aromatic N) is 1. The average molecular weight is 389 g/mol. The molecule has 0 fully saturated rings. The Morgan fingerprint density at radius 1 is 1.07 bits per heavy atom. The van der Waals surface area contributed by atoms with Crippen LogP contribution in [0.3, 0.4) is 0 Å². The van der Waals surface area contributed by atoms with Gasteiger partial charge in [0.1, 0.15) is 11.5 Å². The highest BCUT2D eigenvalue weighted by Crippen LogP contribution is 2.28. The number of benzene rings is 2. The van der Waals surface area contributed by atoms with E-state index in [9.17, 15) is 0 Å². The van der Waals surface area contributed by atoms with E-state index in [0.29, 0.717) is 12.5 Å². The van der Waals surface area contributed by atoms with E-state index in [1.165, 1.54) is 11.1 Å². The van der Waals surface area contributed by atoms with Gasteiger partial charge < -0.3 is 14.5 Å². The van der Waals surface area contributed by atoms with Gasteiger partial charge in [0.15, 0.2) is 0 Å². The molecule has 29 heavy (non-hydrogen) atoms. The fraction of sp³-hybridized carbons (Fsp3) is 0.320. The summed E-state index contributed by atoms with van der Waals surface area (Å²) in [7, 11) is 0. The number of hydrogen-bond donors (Lipinski definition) is 1. The van der Waals surface area contributed by atoms with Gasteiger partial charge in [-0.1, -0.05) is 42.8 Å². The summed E-state index contributed by atoms with van der Waals surface area (Å²) in [4.78, 5) is 4.66. The molecule has 4 rings (SSSR count). The van der Waals surface area contributed by atoms with Crippen molar-refractivity contribution in [1.29, 1.82) is 0 Å². The van der Waals surface area contributed by atoms with Gasteiger partial charge in [0, 0.05) is 18.5 Å². The van der Waals surface area contributed by atoms with Crippen LogP contribution < -0.4 is 10.1 Å². The number of oxazole rings is 1. The third kappa shape index (κ3) is 4.60. The fourth-order valence-electron chi connectivity index (χ4n) is 3.83. The van der Waals surface area contributed by atoms with Crippen molar-refractivity contribution in [3.05, 3.63) is 77.2 Å². The lowest BCUT2D eigenvalue weighted by atomic mass is 9.93. The molecule has 0 saturated heterocycles. The van der Waals surface area contributed by atoms with Gasteiger partial charge in [-0.2, -0.15) is 0 Å². The number of ether oxygens (including phenoxy) is 1. The topological polar surface area (TPSA) is 47.3 Å². The van der Waals surface area contributed by atoms with Gasteiger partial charge in [-0.25, -0.2) is 4.98 Å². The van der Waals surface area contributed by atoms with Crippen molar-refractivity contribution in [2.75, 3.05) is 19.7 Å². The van der Waals surface area contributed by atoms with E-state index < -0.39 is 0 Å². The van der Waals surface area contributed by atoms with E-state index in [1.54, 1.807) is 5.57 Å². The summed E-state index contributed by atoms with van der Waals surface area (Å²) in [6.45, 7) is 6.79. The normalized spacial score (nSPS) is 14.3. The smallest absolute Gasteiger partial charge is 0.226 e. The maximum atomic E-state index is 6.06.